The lowest BCUT2D eigenvalue weighted by Crippen LogP contribution is -2.58. The molecule has 0 radical (unpaired) electrons. The third-order valence-corrected chi connectivity index (χ3v) is 9.21. The molecule has 45 heavy (non-hydrogen) atoms. The highest BCUT2D eigenvalue weighted by Crippen LogP contribution is 2.37. The number of fused-ring (bicyclic) bond motifs is 2. The molecule has 4 heterocycles. The van der Waals surface area contributed by atoms with E-state index in [2.05, 4.69) is 44.6 Å². The maximum absolute atomic E-state index is 12.9. The first-order chi connectivity index (χ1) is 22.0. The van der Waals surface area contributed by atoms with Crippen molar-refractivity contribution in [3.8, 4) is 5.75 Å². The Hall–Kier alpha value is -4.61. The molecule has 0 spiro atoms. The molecule has 2 saturated heterocycles. The number of rotatable bonds is 7. The van der Waals surface area contributed by atoms with Gasteiger partial charge in [-0.3, -0.25) is 0 Å². The minimum absolute atomic E-state index is 0.269. The predicted octanol–water partition coefficient (Wildman–Crippen LogP) is 4.25. The molecule has 0 aliphatic carbocycles. The van der Waals surface area contributed by atoms with Crippen molar-refractivity contribution in [1.82, 2.24) is 19.8 Å². The lowest BCUT2D eigenvalue weighted by molar-refractivity contribution is -0.137. The van der Waals surface area contributed by atoms with Gasteiger partial charge in [0.15, 0.2) is 5.75 Å². The Morgan fingerprint density at radius 2 is 1.67 bits per heavy atom. The molecule has 0 unspecified atom stereocenters. The van der Waals surface area contributed by atoms with Crippen molar-refractivity contribution in [2.45, 2.75) is 25.6 Å². The summed E-state index contributed by atoms with van der Waals surface area (Å²) in [7, 11) is 4.22. The fraction of sp³-hybridized carbons (Fsp3) is 0.382. The largest absolute Gasteiger partial charge is 0.445 e. The zero-order valence-electron chi connectivity index (χ0n) is 25.8. The van der Waals surface area contributed by atoms with Gasteiger partial charge in [-0.2, -0.15) is 4.98 Å². The first-order valence-electron chi connectivity index (χ1n) is 15.6. The van der Waals surface area contributed by atoms with Gasteiger partial charge in [-0.25, -0.2) is 15.0 Å². The minimum atomic E-state index is -0.281. The second kappa shape index (κ2) is 12.4. The van der Waals surface area contributed by atoms with Crippen molar-refractivity contribution in [1.29, 1.82) is 0 Å². The van der Waals surface area contributed by atoms with Crippen LogP contribution in [0.15, 0.2) is 66.7 Å². The van der Waals surface area contributed by atoms with Gasteiger partial charge in [0.25, 0.3) is 0 Å². The molecule has 4 aromatic rings. The molecule has 7 rings (SSSR count). The van der Waals surface area contributed by atoms with Gasteiger partial charge in [0.2, 0.25) is 5.95 Å². The molecule has 234 valence electrons. The number of ether oxygens (including phenoxy) is 1. The normalized spacial score (nSPS) is 17.0. The maximum Gasteiger partial charge on any atom is 0.410 e. The first-order valence-corrected chi connectivity index (χ1v) is 15.6. The molecule has 0 atom stereocenters. The molecule has 3 aliphatic heterocycles. The van der Waals surface area contributed by atoms with E-state index in [0.29, 0.717) is 44.5 Å². The number of piperazine rings is 1. The highest BCUT2D eigenvalue weighted by molar-refractivity contribution is 5.95. The van der Waals surface area contributed by atoms with Gasteiger partial charge in [0, 0.05) is 74.6 Å². The van der Waals surface area contributed by atoms with E-state index in [1.807, 2.05) is 60.7 Å². The molecule has 1 aromatic heterocycles. The zero-order chi connectivity index (χ0) is 30.9. The van der Waals surface area contributed by atoms with Crippen LogP contribution in [-0.2, 0) is 24.3 Å². The van der Waals surface area contributed by atoms with Crippen molar-refractivity contribution in [2.75, 3.05) is 74.6 Å². The highest BCUT2D eigenvalue weighted by atomic mass is 17.1. The van der Waals surface area contributed by atoms with Gasteiger partial charge in [-0.1, -0.05) is 54.6 Å². The Bertz CT molecular complexity index is 1670. The number of nitrogens with zero attached hydrogens (tertiary/aromatic N) is 7. The van der Waals surface area contributed by atoms with E-state index in [9.17, 15) is 10.1 Å². The summed E-state index contributed by atoms with van der Waals surface area (Å²) in [6.07, 6.45) is 0.500. The molecule has 0 saturated carbocycles. The quantitative estimate of drug-likeness (QED) is 0.242. The Morgan fingerprint density at radius 3 is 2.42 bits per heavy atom. The van der Waals surface area contributed by atoms with Gasteiger partial charge in [-0.15, -0.1) is 0 Å². The van der Waals surface area contributed by atoms with E-state index in [1.165, 1.54) is 5.56 Å². The predicted molar refractivity (Wildman–Crippen MR) is 174 cm³/mol. The fourth-order valence-electron chi connectivity index (χ4n) is 6.44. The van der Waals surface area contributed by atoms with Crippen LogP contribution in [0.2, 0.25) is 0 Å². The fourth-order valence-corrected chi connectivity index (χ4v) is 6.44. The summed E-state index contributed by atoms with van der Waals surface area (Å²) in [5, 5.41) is 11.6. The molecule has 3 aromatic carbocycles. The average Bonchev–Trinajstić information content (AvgIpc) is 3.05. The summed E-state index contributed by atoms with van der Waals surface area (Å²) in [5.41, 5.74) is 4.16. The molecular weight excluding hydrogens is 570 g/mol. The second-order valence-electron chi connectivity index (χ2n) is 12.2. The third kappa shape index (κ3) is 5.93. The lowest BCUT2D eigenvalue weighted by atomic mass is 10.0. The van der Waals surface area contributed by atoms with E-state index in [4.69, 9.17) is 14.7 Å². The van der Waals surface area contributed by atoms with Crippen molar-refractivity contribution in [2.24, 2.45) is 0 Å². The Morgan fingerprint density at radius 1 is 0.911 bits per heavy atom. The van der Waals surface area contributed by atoms with Crippen molar-refractivity contribution >= 4 is 34.3 Å². The smallest absolute Gasteiger partial charge is 0.410 e. The topological polar surface area (TPSA) is 97.7 Å². The summed E-state index contributed by atoms with van der Waals surface area (Å²) >= 11 is 0. The van der Waals surface area contributed by atoms with Crippen LogP contribution in [-0.4, -0.2) is 97.1 Å². The van der Waals surface area contributed by atoms with Crippen LogP contribution in [0.3, 0.4) is 0 Å². The number of anilines is 3. The monoisotopic (exact) mass is 609 g/mol. The summed E-state index contributed by atoms with van der Waals surface area (Å²) in [6, 6.07) is 22.1. The first kappa shape index (κ1) is 29.1. The molecule has 1 amide bonds. The molecular formula is C34H39N7O4. The average molecular weight is 610 g/mol. The van der Waals surface area contributed by atoms with Crippen LogP contribution in [0.25, 0.3) is 10.8 Å². The summed E-state index contributed by atoms with van der Waals surface area (Å²) in [5.74, 6) is 2.14. The van der Waals surface area contributed by atoms with Crippen molar-refractivity contribution in [3.05, 3.63) is 83.6 Å². The summed E-state index contributed by atoms with van der Waals surface area (Å²) in [6.45, 7) is 5.92. The van der Waals surface area contributed by atoms with Gasteiger partial charge >= 0.3 is 6.09 Å². The number of hydrogen-bond acceptors (Lipinski definition) is 10. The van der Waals surface area contributed by atoms with E-state index in [-0.39, 0.29) is 12.7 Å². The second-order valence-corrected chi connectivity index (χ2v) is 12.2. The van der Waals surface area contributed by atoms with Crippen LogP contribution >= 0.6 is 0 Å². The minimum Gasteiger partial charge on any atom is -0.445 e. The van der Waals surface area contributed by atoms with Crippen molar-refractivity contribution in [3.63, 3.8) is 0 Å². The summed E-state index contributed by atoms with van der Waals surface area (Å²) in [4.78, 5) is 38.7. The number of amides is 1. The molecule has 2 fully saturated rings. The van der Waals surface area contributed by atoms with Crippen LogP contribution < -0.4 is 19.6 Å². The van der Waals surface area contributed by atoms with Gasteiger partial charge in [0.1, 0.15) is 12.4 Å². The van der Waals surface area contributed by atoms with E-state index < -0.39 is 0 Å². The Kier molecular flexibility index (Phi) is 8.03. The number of carbonyl (C=O) groups excluding carboxylic acids is 1. The highest BCUT2D eigenvalue weighted by Gasteiger charge is 2.34. The number of aromatic nitrogens is 2. The number of likely N-dealkylation sites (N-methyl/N-ethyl adjacent to an activating group) is 1. The zero-order valence-corrected chi connectivity index (χ0v) is 25.8. The van der Waals surface area contributed by atoms with Crippen LogP contribution in [0, 0.1) is 0 Å². The van der Waals surface area contributed by atoms with Crippen LogP contribution in [0.4, 0.5) is 22.2 Å². The van der Waals surface area contributed by atoms with Crippen molar-refractivity contribution < 1.29 is 19.7 Å². The molecule has 3 aliphatic rings. The standard InChI is InChI=1S/C34H39N7O4/c1-37(2)26-20-41(21-26)33-35-30-22-40(31-19-27(45-43)18-25-10-6-7-11-28(25)31)13-12-29(30)32(36-33)38-14-16-39(17-15-38)34(42)44-23-24-8-4-3-5-9-24/h3-11,18-19,26,43H,12-17,20-23H2,1-2H3. The number of benzene rings is 3. The number of hydrogen-bond donors (Lipinski definition) is 1. The Labute approximate surface area is 263 Å². The van der Waals surface area contributed by atoms with E-state index in [1.54, 1.807) is 4.90 Å². The molecule has 11 nitrogen and oxygen atoms in total. The van der Waals surface area contributed by atoms with Gasteiger partial charge in [-0.05, 0) is 37.5 Å². The maximum atomic E-state index is 12.9. The SMILES string of the molecule is CN(C)C1CN(c2nc3c(c(N4CCN(C(=O)OCc5ccccc5)CC4)n2)CCN(c2cc(OO)cc4ccccc24)C3)C1. The molecule has 1 N–H and O–H groups in total. The van der Waals surface area contributed by atoms with Gasteiger partial charge < -0.3 is 34.1 Å². The Balaban J connectivity index is 1.13. The van der Waals surface area contributed by atoms with Crippen LogP contribution in [0.5, 0.6) is 5.75 Å². The van der Waals surface area contributed by atoms with E-state index >= 15 is 0 Å². The summed E-state index contributed by atoms with van der Waals surface area (Å²) < 4.78 is 5.60. The molecule has 0 bridgehead atoms. The molecule has 11 heteroatoms. The van der Waals surface area contributed by atoms with Crippen LogP contribution in [0.1, 0.15) is 16.8 Å². The van der Waals surface area contributed by atoms with E-state index in [0.717, 1.165) is 65.5 Å². The third-order valence-electron chi connectivity index (χ3n) is 9.21. The number of carbonyl (C=O) groups is 1. The van der Waals surface area contributed by atoms with Gasteiger partial charge in [0.05, 0.1) is 12.2 Å². The lowest BCUT2D eigenvalue weighted by Gasteiger charge is -2.44.